The Labute approximate surface area is 213 Å². The normalized spacial score (nSPS) is 18.8. The third-order valence-corrected chi connectivity index (χ3v) is 8.74. The minimum Gasteiger partial charge on any atom is -0.486 e. The van der Waals surface area contributed by atoms with E-state index in [1.165, 1.54) is 16.4 Å². The van der Waals surface area contributed by atoms with E-state index in [2.05, 4.69) is 0 Å². The highest BCUT2D eigenvalue weighted by atomic mass is 35.5. The van der Waals surface area contributed by atoms with Gasteiger partial charge in [-0.2, -0.15) is 0 Å². The van der Waals surface area contributed by atoms with Crippen molar-refractivity contribution in [3.8, 4) is 16.9 Å². The van der Waals surface area contributed by atoms with E-state index in [-0.39, 0.29) is 34.3 Å². The molecular weight excluding hydrogens is 512 g/mol. The fourth-order valence-corrected chi connectivity index (χ4v) is 6.45. The quantitative estimate of drug-likeness (QED) is 0.452. The maximum Gasteiger partial charge on any atom is 0.264 e. The molecule has 10 heteroatoms. The van der Waals surface area contributed by atoms with E-state index in [4.69, 9.17) is 21.1 Å². The fraction of sp³-hybridized carbons (Fsp3) is 0.308. The van der Waals surface area contributed by atoms with Gasteiger partial charge >= 0.3 is 0 Å². The zero-order valence-corrected chi connectivity index (χ0v) is 21.0. The van der Waals surface area contributed by atoms with Crippen molar-refractivity contribution in [2.24, 2.45) is 5.41 Å². The van der Waals surface area contributed by atoms with Crippen LogP contribution < -0.4 is 9.04 Å². The molecule has 0 amide bonds. The van der Waals surface area contributed by atoms with Crippen molar-refractivity contribution in [1.82, 2.24) is 0 Å². The average Bonchev–Trinajstić information content (AvgIpc) is 2.83. The highest BCUT2D eigenvalue weighted by Gasteiger charge is 2.44. The van der Waals surface area contributed by atoms with Crippen LogP contribution >= 0.6 is 11.6 Å². The van der Waals surface area contributed by atoms with Crippen molar-refractivity contribution < 1.29 is 31.8 Å². The van der Waals surface area contributed by atoms with Gasteiger partial charge in [-0.15, -0.1) is 0 Å². The van der Waals surface area contributed by atoms with Crippen molar-refractivity contribution in [3.63, 3.8) is 0 Å². The number of hydrogen-bond acceptors (Lipinski definition) is 5. The van der Waals surface area contributed by atoms with Gasteiger partial charge in [0.25, 0.3) is 10.0 Å². The number of benzene rings is 3. The second kappa shape index (κ2) is 9.30. The highest BCUT2D eigenvalue weighted by Crippen LogP contribution is 2.44. The van der Waals surface area contributed by atoms with Crippen LogP contribution in [0.1, 0.15) is 12.0 Å². The second-order valence-corrected chi connectivity index (χ2v) is 11.6. The molecule has 0 saturated carbocycles. The number of anilines is 1. The maximum absolute atomic E-state index is 14.1. The SMILES string of the molecule is Cc1cccc(S(=O)(=O)N2C[C@H](CC3(CO)COC3)Oc3ccc(-c4cc(F)cc(F)c4Cl)cc32)c1. The first kappa shape index (κ1) is 25.0. The Balaban J connectivity index is 1.61. The lowest BCUT2D eigenvalue weighted by molar-refractivity contribution is -0.151. The van der Waals surface area contributed by atoms with E-state index < -0.39 is 33.2 Å². The Morgan fingerprint density at radius 3 is 2.58 bits per heavy atom. The summed E-state index contributed by atoms with van der Waals surface area (Å²) in [5.41, 5.74) is 0.949. The van der Waals surface area contributed by atoms with Crippen LogP contribution in [0.3, 0.4) is 0 Å². The zero-order chi connectivity index (χ0) is 25.7. The molecule has 0 bridgehead atoms. The summed E-state index contributed by atoms with van der Waals surface area (Å²) in [4.78, 5) is 0.109. The summed E-state index contributed by atoms with van der Waals surface area (Å²) in [5.74, 6) is -1.42. The van der Waals surface area contributed by atoms with Gasteiger partial charge in [0.15, 0.2) is 0 Å². The van der Waals surface area contributed by atoms with E-state index in [9.17, 15) is 22.3 Å². The van der Waals surface area contributed by atoms with Gasteiger partial charge in [-0.1, -0.05) is 29.8 Å². The molecule has 2 aliphatic heterocycles. The van der Waals surface area contributed by atoms with Gasteiger partial charge in [0, 0.05) is 17.0 Å². The van der Waals surface area contributed by atoms with Crippen molar-refractivity contribution >= 4 is 27.3 Å². The molecule has 36 heavy (non-hydrogen) atoms. The van der Waals surface area contributed by atoms with Gasteiger partial charge < -0.3 is 14.6 Å². The fourth-order valence-electron chi connectivity index (χ4n) is 4.63. The molecule has 0 aliphatic carbocycles. The molecule has 0 unspecified atom stereocenters. The van der Waals surface area contributed by atoms with Crippen LogP contribution in [-0.4, -0.2) is 46.0 Å². The van der Waals surface area contributed by atoms with Gasteiger partial charge in [0.2, 0.25) is 0 Å². The van der Waals surface area contributed by atoms with Gasteiger partial charge in [-0.25, -0.2) is 17.2 Å². The monoisotopic (exact) mass is 535 g/mol. The molecule has 3 aromatic rings. The van der Waals surface area contributed by atoms with Crippen LogP contribution in [-0.2, 0) is 14.8 Å². The van der Waals surface area contributed by atoms with Crippen LogP contribution in [0.25, 0.3) is 11.1 Å². The molecule has 1 atom stereocenters. The van der Waals surface area contributed by atoms with Crippen molar-refractivity contribution in [2.45, 2.75) is 24.3 Å². The molecule has 6 nitrogen and oxygen atoms in total. The maximum atomic E-state index is 14.1. The van der Waals surface area contributed by atoms with Gasteiger partial charge in [-0.05, 0) is 54.8 Å². The van der Waals surface area contributed by atoms with Crippen LogP contribution in [0.15, 0.2) is 59.5 Å². The molecule has 3 aromatic carbocycles. The Morgan fingerprint density at radius 1 is 1.14 bits per heavy atom. The first-order valence-electron chi connectivity index (χ1n) is 11.4. The first-order chi connectivity index (χ1) is 17.1. The largest absolute Gasteiger partial charge is 0.486 e. The van der Waals surface area contributed by atoms with Gasteiger partial charge in [0.05, 0.1) is 42.0 Å². The Morgan fingerprint density at radius 2 is 1.92 bits per heavy atom. The molecule has 0 radical (unpaired) electrons. The van der Waals surface area contributed by atoms with Crippen LogP contribution in [0.5, 0.6) is 5.75 Å². The number of fused-ring (bicyclic) bond motifs is 1. The molecule has 190 valence electrons. The smallest absolute Gasteiger partial charge is 0.264 e. The molecule has 2 heterocycles. The van der Waals surface area contributed by atoms with Gasteiger partial charge in [0.1, 0.15) is 23.5 Å². The van der Waals surface area contributed by atoms with E-state index in [0.29, 0.717) is 37.0 Å². The van der Waals surface area contributed by atoms with Crippen molar-refractivity contribution in [3.05, 3.63) is 76.8 Å². The second-order valence-electron chi connectivity index (χ2n) is 9.38. The van der Waals surface area contributed by atoms with Crippen LogP contribution in [0, 0.1) is 24.0 Å². The average molecular weight is 536 g/mol. The van der Waals surface area contributed by atoms with Crippen molar-refractivity contribution in [1.29, 1.82) is 0 Å². The standard InChI is InChI=1S/C26H24ClF2NO5S/c1-16-3-2-4-20(7-16)36(32,33)30-12-19(11-26(13-31)14-34-15-26)35-24-6-5-17(8-23(24)30)21-9-18(28)10-22(29)25(21)27/h2-10,19,31H,11-15H2,1H3/t19-/m0/s1. The van der Waals surface area contributed by atoms with Crippen LogP contribution in [0.2, 0.25) is 5.02 Å². The Hall–Kier alpha value is -2.72. The summed E-state index contributed by atoms with van der Waals surface area (Å²) in [6.45, 7) is 2.41. The Bertz CT molecular complexity index is 1420. The minimum absolute atomic E-state index is 0.0142. The number of halogens is 3. The summed E-state index contributed by atoms with van der Waals surface area (Å²) in [7, 11) is -4.03. The zero-order valence-electron chi connectivity index (χ0n) is 19.4. The van der Waals surface area contributed by atoms with E-state index in [1.807, 2.05) is 0 Å². The summed E-state index contributed by atoms with van der Waals surface area (Å²) >= 11 is 6.12. The summed E-state index contributed by atoms with van der Waals surface area (Å²) in [6.07, 6.45) is -0.153. The number of rotatable bonds is 6. The predicted octanol–water partition coefficient (Wildman–Crippen LogP) is 4.95. The predicted molar refractivity (Wildman–Crippen MR) is 132 cm³/mol. The highest BCUT2D eigenvalue weighted by molar-refractivity contribution is 7.92. The number of ether oxygens (including phenoxy) is 2. The minimum atomic E-state index is -4.03. The number of aryl methyl sites for hydroxylation is 1. The number of nitrogens with zero attached hydrogens (tertiary/aromatic N) is 1. The first-order valence-corrected chi connectivity index (χ1v) is 13.2. The van der Waals surface area contributed by atoms with E-state index in [0.717, 1.165) is 11.6 Å². The molecule has 0 aromatic heterocycles. The lowest BCUT2D eigenvalue weighted by Crippen LogP contribution is -2.52. The summed E-state index contributed by atoms with van der Waals surface area (Å²) in [6, 6.07) is 13.0. The topological polar surface area (TPSA) is 76.1 Å². The number of aliphatic hydroxyl groups excluding tert-OH is 1. The summed E-state index contributed by atoms with van der Waals surface area (Å²) in [5, 5.41) is 9.62. The molecule has 1 saturated heterocycles. The lowest BCUT2D eigenvalue weighted by atomic mass is 9.81. The molecule has 1 fully saturated rings. The molecule has 0 spiro atoms. The molecule has 1 N–H and O–H groups in total. The van der Waals surface area contributed by atoms with Crippen molar-refractivity contribution in [2.75, 3.05) is 30.7 Å². The van der Waals surface area contributed by atoms with E-state index in [1.54, 1.807) is 37.3 Å². The molecular formula is C26H24ClF2NO5S. The molecule has 2 aliphatic rings. The van der Waals surface area contributed by atoms with Gasteiger partial charge in [-0.3, -0.25) is 4.31 Å². The number of aliphatic hydroxyl groups is 1. The van der Waals surface area contributed by atoms with E-state index >= 15 is 0 Å². The number of hydrogen-bond donors (Lipinski definition) is 1. The van der Waals surface area contributed by atoms with Crippen LogP contribution in [0.4, 0.5) is 14.5 Å². The Kier molecular flexibility index (Phi) is 6.45. The number of sulfonamides is 1. The molecule has 5 rings (SSSR count). The third-order valence-electron chi connectivity index (χ3n) is 6.58. The third kappa shape index (κ3) is 4.45. The summed E-state index contributed by atoms with van der Waals surface area (Å²) < 4.78 is 68.5. The lowest BCUT2D eigenvalue weighted by Gasteiger charge is -2.44.